The lowest BCUT2D eigenvalue weighted by Crippen LogP contribution is -2.64. The van der Waals surface area contributed by atoms with Crippen LogP contribution in [0, 0.1) is 34.0 Å². The summed E-state index contributed by atoms with van der Waals surface area (Å²) in [5.41, 5.74) is -1.68. The Kier molecular flexibility index (Phi) is 11.4. The van der Waals surface area contributed by atoms with Crippen LogP contribution in [0.4, 0.5) is 0 Å². The molecule has 4 rings (SSSR count). The third-order valence-corrected chi connectivity index (χ3v) is 13.9. The number of nitrogens with one attached hydrogen (secondary N) is 4. The zero-order valence-electron chi connectivity index (χ0n) is 31.6. The number of hydrogen-bond acceptors (Lipinski definition) is 7. The van der Waals surface area contributed by atoms with Crippen molar-refractivity contribution >= 4 is 39.4 Å². The zero-order valence-corrected chi connectivity index (χ0v) is 32.4. The number of carbonyl (C=O) groups is 5. The van der Waals surface area contributed by atoms with Gasteiger partial charge in [-0.1, -0.05) is 79.7 Å². The molecular weight excluding hydrogens is 659 g/mol. The van der Waals surface area contributed by atoms with E-state index in [1.165, 1.54) is 11.0 Å². The Morgan fingerprint density at radius 2 is 1.54 bits per heavy atom. The number of nitrogens with zero attached hydrogens (tertiary/aromatic N) is 1. The Hall–Kier alpha value is -2.80. The second-order valence-electron chi connectivity index (χ2n) is 18.2. The van der Waals surface area contributed by atoms with Crippen molar-refractivity contribution in [2.75, 3.05) is 13.1 Å². The SMILES string of the molecule is C=CCNC(=O)C(=O)C(CC1CC1)NC(=O)C1[C@@H]2C(CN1C(=O)[C@@H](NC(=O)C(NS(=O)(=O)C(C)(C)C)C1(C)CCCCC1)C(C)(C)C)C2(C)C. The number of fused-ring (bicyclic) bond motifs is 1. The van der Waals surface area contributed by atoms with Crippen molar-refractivity contribution in [1.82, 2.24) is 25.6 Å². The van der Waals surface area contributed by atoms with Gasteiger partial charge in [0, 0.05) is 13.1 Å². The van der Waals surface area contributed by atoms with Crippen LogP contribution in [0.1, 0.15) is 114 Å². The maximum Gasteiger partial charge on any atom is 0.289 e. The molecule has 1 aliphatic heterocycles. The van der Waals surface area contributed by atoms with Crippen molar-refractivity contribution in [2.24, 2.45) is 34.0 Å². The monoisotopic (exact) mass is 719 g/mol. The van der Waals surface area contributed by atoms with E-state index < -0.39 is 79.2 Å². The zero-order chi connectivity index (χ0) is 37.6. The minimum Gasteiger partial charge on any atom is -0.346 e. The van der Waals surface area contributed by atoms with Crippen molar-refractivity contribution in [3.63, 3.8) is 0 Å². The highest BCUT2D eigenvalue weighted by Gasteiger charge is 2.70. The van der Waals surface area contributed by atoms with Crippen molar-refractivity contribution in [3.8, 4) is 0 Å². The molecule has 4 fully saturated rings. The molecule has 0 aromatic heterocycles. The van der Waals surface area contributed by atoms with E-state index in [1.54, 1.807) is 20.8 Å². The van der Waals surface area contributed by atoms with Gasteiger partial charge in [0.15, 0.2) is 0 Å². The van der Waals surface area contributed by atoms with E-state index in [9.17, 15) is 32.4 Å². The van der Waals surface area contributed by atoms with E-state index in [2.05, 4.69) is 41.1 Å². The molecule has 4 amide bonds. The molecule has 4 aliphatic rings. The number of piperidine rings is 1. The van der Waals surface area contributed by atoms with E-state index in [0.29, 0.717) is 25.8 Å². The highest BCUT2D eigenvalue weighted by atomic mass is 32.2. The second-order valence-corrected chi connectivity index (χ2v) is 20.6. The Morgan fingerprint density at radius 3 is 2.06 bits per heavy atom. The summed E-state index contributed by atoms with van der Waals surface area (Å²) in [5.74, 6) is -2.90. The Bertz CT molecular complexity index is 1470. The average molecular weight is 720 g/mol. The molecule has 50 heavy (non-hydrogen) atoms. The fraction of sp³-hybridized carbons (Fsp3) is 0.811. The molecule has 13 heteroatoms. The highest BCUT2D eigenvalue weighted by molar-refractivity contribution is 7.90. The summed E-state index contributed by atoms with van der Waals surface area (Å²) >= 11 is 0. The van der Waals surface area contributed by atoms with Crippen molar-refractivity contribution < 1.29 is 32.4 Å². The lowest BCUT2D eigenvalue weighted by molar-refractivity contribution is -0.147. The normalized spacial score (nSPS) is 26.1. The number of ketones is 1. The molecule has 6 atom stereocenters. The van der Waals surface area contributed by atoms with Crippen molar-refractivity contribution in [1.29, 1.82) is 0 Å². The fourth-order valence-corrected chi connectivity index (χ4v) is 8.99. The molecule has 1 saturated heterocycles. The van der Waals surface area contributed by atoms with E-state index in [4.69, 9.17) is 0 Å². The fourth-order valence-electron chi connectivity index (χ4n) is 7.93. The van der Waals surface area contributed by atoms with Gasteiger partial charge in [-0.2, -0.15) is 0 Å². The maximum absolute atomic E-state index is 14.6. The van der Waals surface area contributed by atoms with Gasteiger partial charge in [-0.3, -0.25) is 24.0 Å². The summed E-state index contributed by atoms with van der Waals surface area (Å²) in [6.07, 6.45) is 7.69. The standard InChI is InChI=1S/C37H61N5O7S/c1-11-19-38-31(45)27(43)24(20-22-15-16-22)39-30(44)26-25-23(36(25,8)9)21-42(26)33(47)29(34(2,3)4)40-32(46)28(37(10)17-13-12-14-18-37)41-50(48,49)35(5,6)7/h11,22-26,28-29,41H,1,12-21H2,2-10H3,(H,38,45)(H,39,44)(H,40,46)/t23?,24?,25-,26?,28?,29+/m0/s1. The summed E-state index contributed by atoms with van der Waals surface area (Å²) in [7, 11) is -3.93. The van der Waals surface area contributed by atoms with Gasteiger partial charge in [-0.15, -0.1) is 6.58 Å². The van der Waals surface area contributed by atoms with Crippen LogP contribution in [0.5, 0.6) is 0 Å². The van der Waals surface area contributed by atoms with Gasteiger partial charge in [0.2, 0.25) is 33.5 Å². The number of carbonyl (C=O) groups excluding carboxylic acids is 5. The third-order valence-electron chi connectivity index (χ3n) is 11.7. The Labute approximate surface area is 299 Å². The van der Waals surface area contributed by atoms with Gasteiger partial charge < -0.3 is 20.9 Å². The topological polar surface area (TPSA) is 171 Å². The molecule has 4 N–H and O–H groups in total. The average Bonchev–Trinajstić information content (AvgIpc) is 3.86. The van der Waals surface area contributed by atoms with Crippen molar-refractivity contribution in [2.45, 2.75) is 143 Å². The predicted molar refractivity (Wildman–Crippen MR) is 192 cm³/mol. The summed E-state index contributed by atoms with van der Waals surface area (Å²) in [5, 5.41) is 8.33. The molecule has 0 aromatic carbocycles. The van der Waals surface area contributed by atoms with Crippen LogP contribution in [-0.2, 0) is 34.0 Å². The number of sulfonamides is 1. The Morgan fingerprint density at radius 1 is 0.940 bits per heavy atom. The molecule has 0 aromatic rings. The molecule has 4 unspecified atom stereocenters. The predicted octanol–water partition coefficient (Wildman–Crippen LogP) is 3.21. The van der Waals surface area contributed by atoms with Gasteiger partial charge >= 0.3 is 0 Å². The molecule has 3 aliphatic carbocycles. The first-order chi connectivity index (χ1) is 23.0. The van der Waals surface area contributed by atoms with Crippen LogP contribution >= 0.6 is 0 Å². The van der Waals surface area contributed by atoms with Gasteiger partial charge in [-0.05, 0) is 74.0 Å². The van der Waals surface area contributed by atoms with Gasteiger partial charge in [0.1, 0.15) is 18.1 Å². The first kappa shape index (κ1) is 40.0. The summed E-state index contributed by atoms with van der Waals surface area (Å²) in [4.78, 5) is 70.5. The molecule has 0 spiro atoms. The number of Topliss-reactive ketones (excluding diaryl/α,β-unsaturated/α-hetero) is 1. The molecule has 0 bridgehead atoms. The summed E-state index contributed by atoms with van der Waals surface area (Å²) in [6.45, 7) is 20.3. The van der Waals surface area contributed by atoms with Crippen LogP contribution in [0.25, 0.3) is 0 Å². The van der Waals surface area contributed by atoms with Crippen LogP contribution < -0.4 is 20.7 Å². The highest BCUT2D eigenvalue weighted by Crippen LogP contribution is 2.65. The quantitative estimate of drug-likeness (QED) is 0.158. The summed E-state index contributed by atoms with van der Waals surface area (Å²) in [6, 6.07) is -4.10. The second kappa shape index (κ2) is 14.3. The first-order valence-electron chi connectivity index (χ1n) is 18.3. The lowest BCUT2D eigenvalue weighted by atomic mass is 9.70. The smallest absolute Gasteiger partial charge is 0.289 e. The molecule has 0 radical (unpaired) electrons. The first-order valence-corrected chi connectivity index (χ1v) is 19.8. The van der Waals surface area contributed by atoms with Crippen LogP contribution in [0.3, 0.4) is 0 Å². The lowest BCUT2D eigenvalue weighted by Gasteiger charge is -2.43. The minimum atomic E-state index is -3.93. The molecular formula is C37H61N5O7S. The number of likely N-dealkylation sites (tertiary alicyclic amines) is 1. The maximum atomic E-state index is 14.6. The Balaban J connectivity index is 1.61. The van der Waals surface area contributed by atoms with E-state index in [-0.39, 0.29) is 29.7 Å². The largest absolute Gasteiger partial charge is 0.346 e. The minimum absolute atomic E-state index is 0.0412. The van der Waals surface area contributed by atoms with Crippen LogP contribution in [-0.4, -0.2) is 84.7 Å². The number of hydrogen-bond donors (Lipinski definition) is 4. The van der Waals surface area contributed by atoms with Crippen molar-refractivity contribution in [3.05, 3.63) is 12.7 Å². The van der Waals surface area contributed by atoms with E-state index in [0.717, 1.165) is 32.1 Å². The van der Waals surface area contributed by atoms with Crippen LogP contribution in [0.15, 0.2) is 12.7 Å². The number of rotatable bonds is 14. The third kappa shape index (κ3) is 8.45. The number of amides is 4. The van der Waals surface area contributed by atoms with Crippen LogP contribution in [0.2, 0.25) is 0 Å². The van der Waals surface area contributed by atoms with Gasteiger partial charge in [0.05, 0.1) is 10.8 Å². The molecule has 282 valence electrons. The van der Waals surface area contributed by atoms with E-state index in [1.807, 2.05) is 27.7 Å². The molecule has 12 nitrogen and oxygen atoms in total. The molecule has 1 heterocycles. The van der Waals surface area contributed by atoms with Gasteiger partial charge in [0.25, 0.3) is 5.91 Å². The molecule has 3 saturated carbocycles. The van der Waals surface area contributed by atoms with E-state index >= 15 is 0 Å². The summed E-state index contributed by atoms with van der Waals surface area (Å²) < 4.78 is 28.4. The van der Waals surface area contributed by atoms with Gasteiger partial charge in [-0.25, -0.2) is 13.1 Å².